The van der Waals surface area contributed by atoms with E-state index in [-0.39, 0.29) is 0 Å². The molecule has 0 atom stereocenters. The van der Waals surface area contributed by atoms with E-state index in [0.29, 0.717) is 0 Å². The summed E-state index contributed by atoms with van der Waals surface area (Å²) in [7, 11) is 0. The average molecular weight is 283 g/mol. The number of thiophene rings is 1. The van der Waals surface area contributed by atoms with Gasteiger partial charge in [0, 0.05) is 16.0 Å². The smallest absolute Gasteiger partial charge is 0.0830 e. The molecule has 0 amide bonds. The zero-order valence-corrected chi connectivity index (χ0v) is 12.3. The van der Waals surface area contributed by atoms with Gasteiger partial charge in [0.05, 0.1) is 12.2 Å². The summed E-state index contributed by atoms with van der Waals surface area (Å²) < 4.78 is 1.91. The van der Waals surface area contributed by atoms with Gasteiger partial charge in [0.1, 0.15) is 0 Å². The third-order valence-corrected chi connectivity index (χ3v) is 4.26. The maximum Gasteiger partial charge on any atom is 0.0830 e. The van der Waals surface area contributed by atoms with Crippen molar-refractivity contribution in [3.8, 4) is 0 Å². The van der Waals surface area contributed by atoms with E-state index in [2.05, 4.69) is 41.5 Å². The van der Waals surface area contributed by atoms with Crippen LogP contribution in [0.2, 0.25) is 0 Å². The van der Waals surface area contributed by atoms with Crippen molar-refractivity contribution in [2.75, 3.05) is 0 Å². The Kier molecular flexibility index (Phi) is 3.92. The van der Waals surface area contributed by atoms with Crippen LogP contribution in [0.3, 0.4) is 0 Å². The molecule has 0 spiro atoms. The first-order valence-corrected chi connectivity index (χ1v) is 7.59. The molecule has 2 heterocycles. The topological polar surface area (TPSA) is 30.7 Å². The van der Waals surface area contributed by atoms with Crippen molar-refractivity contribution in [3.05, 3.63) is 69.7 Å². The Morgan fingerprint density at radius 1 is 1.05 bits per heavy atom. The molecule has 0 aliphatic rings. The van der Waals surface area contributed by atoms with E-state index in [0.717, 1.165) is 25.1 Å². The van der Waals surface area contributed by atoms with E-state index < -0.39 is 0 Å². The third kappa shape index (κ3) is 3.33. The van der Waals surface area contributed by atoms with Crippen molar-refractivity contribution in [2.24, 2.45) is 0 Å². The van der Waals surface area contributed by atoms with E-state index in [1.807, 2.05) is 40.4 Å². The largest absolute Gasteiger partial charge is 0.248 e. The highest BCUT2D eigenvalue weighted by Gasteiger charge is 2.03. The summed E-state index contributed by atoms with van der Waals surface area (Å²) >= 11 is 1.86. The molecule has 102 valence electrons. The minimum Gasteiger partial charge on any atom is -0.248 e. The highest BCUT2D eigenvalue weighted by molar-refractivity contribution is 7.11. The monoisotopic (exact) mass is 283 g/mol. The molecule has 0 radical (unpaired) electrons. The fraction of sp³-hybridized carbons (Fsp3) is 0.250. The Balaban J connectivity index is 1.59. The van der Waals surface area contributed by atoms with Gasteiger partial charge in [0.2, 0.25) is 0 Å². The van der Waals surface area contributed by atoms with Gasteiger partial charge in [0.25, 0.3) is 0 Å². The van der Waals surface area contributed by atoms with Crippen LogP contribution in [-0.2, 0) is 19.4 Å². The van der Waals surface area contributed by atoms with Gasteiger partial charge in [-0.2, -0.15) is 0 Å². The van der Waals surface area contributed by atoms with Crippen molar-refractivity contribution >= 4 is 11.3 Å². The first-order valence-electron chi connectivity index (χ1n) is 6.78. The second-order valence-corrected chi connectivity index (χ2v) is 6.28. The van der Waals surface area contributed by atoms with E-state index >= 15 is 0 Å². The van der Waals surface area contributed by atoms with Crippen LogP contribution in [0.4, 0.5) is 0 Å². The molecule has 0 saturated heterocycles. The lowest BCUT2D eigenvalue weighted by atomic mass is 10.2. The second-order valence-electron chi connectivity index (χ2n) is 4.91. The predicted molar refractivity (Wildman–Crippen MR) is 82.0 cm³/mol. The Hall–Kier alpha value is -1.94. The summed E-state index contributed by atoms with van der Waals surface area (Å²) in [5.74, 6) is 0. The molecule has 3 aromatic rings. The molecule has 2 aromatic heterocycles. The van der Waals surface area contributed by atoms with Gasteiger partial charge in [0.15, 0.2) is 0 Å². The van der Waals surface area contributed by atoms with Crippen LogP contribution in [0.1, 0.15) is 21.0 Å². The predicted octanol–water partition coefficient (Wildman–Crippen LogP) is 3.48. The van der Waals surface area contributed by atoms with Crippen molar-refractivity contribution in [3.63, 3.8) is 0 Å². The highest BCUT2D eigenvalue weighted by Crippen LogP contribution is 2.16. The lowest BCUT2D eigenvalue weighted by molar-refractivity contribution is 0.649. The summed E-state index contributed by atoms with van der Waals surface area (Å²) in [6.07, 6.45) is 4.05. The van der Waals surface area contributed by atoms with Gasteiger partial charge in [-0.25, -0.2) is 4.68 Å². The number of benzene rings is 1. The summed E-state index contributed by atoms with van der Waals surface area (Å²) in [6.45, 7) is 2.93. The average Bonchev–Trinajstić information content (AvgIpc) is 3.07. The number of rotatable bonds is 5. The Bertz CT molecular complexity index is 670. The Labute approximate surface area is 122 Å². The Morgan fingerprint density at radius 2 is 1.90 bits per heavy atom. The van der Waals surface area contributed by atoms with Crippen molar-refractivity contribution in [2.45, 2.75) is 26.3 Å². The summed E-state index contributed by atoms with van der Waals surface area (Å²) in [6, 6.07) is 14.7. The third-order valence-electron chi connectivity index (χ3n) is 3.20. The first-order chi connectivity index (χ1) is 9.79. The number of hydrogen-bond donors (Lipinski definition) is 0. The summed E-state index contributed by atoms with van der Waals surface area (Å²) in [5, 5.41) is 8.45. The molecule has 0 bridgehead atoms. The van der Waals surface area contributed by atoms with Crippen LogP contribution in [-0.4, -0.2) is 15.0 Å². The molecule has 20 heavy (non-hydrogen) atoms. The molecule has 0 aliphatic heterocycles. The number of hydrogen-bond acceptors (Lipinski definition) is 3. The molecule has 1 aromatic carbocycles. The maximum atomic E-state index is 4.25. The molecule has 0 unspecified atom stereocenters. The molecule has 0 N–H and O–H groups in total. The van der Waals surface area contributed by atoms with E-state index in [4.69, 9.17) is 0 Å². The molecular weight excluding hydrogens is 266 g/mol. The fourth-order valence-corrected chi connectivity index (χ4v) is 3.06. The van der Waals surface area contributed by atoms with Crippen LogP contribution >= 0.6 is 11.3 Å². The van der Waals surface area contributed by atoms with E-state index in [9.17, 15) is 0 Å². The second kappa shape index (κ2) is 6.01. The lowest BCUT2D eigenvalue weighted by Crippen LogP contribution is -1.99. The molecule has 3 rings (SSSR count). The van der Waals surface area contributed by atoms with Gasteiger partial charge in [-0.1, -0.05) is 35.5 Å². The van der Waals surface area contributed by atoms with Gasteiger partial charge in [-0.15, -0.1) is 16.4 Å². The van der Waals surface area contributed by atoms with Crippen LogP contribution in [0, 0.1) is 6.92 Å². The fourth-order valence-electron chi connectivity index (χ4n) is 2.17. The molecule has 4 heteroatoms. The van der Waals surface area contributed by atoms with Crippen LogP contribution in [0.15, 0.2) is 48.7 Å². The summed E-state index contributed by atoms with van der Waals surface area (Å²) in [4.78, 5) is 2.79. The normalized spacial score (nSPS) is 10.8. The van der Waals surface area contributed by atoms with Crippen LogP contribution in [0.5, 0.6) is 0 Å². The number of aryl methyl sites for hydroxylation is 3. The zero-order valence-electron chi connectivity index (χ0n) is 11.5. The minimum absolute atomic E-state index is 0.784. The van der Waals surface area contributed by atoms with Gasteiger partial charge < -0.3 is 0 Å². The quantitative estimate of drug-likeness (QED) is 0.717. The first kappa shape index (κ1) is 13.1. The molecule has 0 aliphatic carbocycles. The molecule has 0 fully saturated rings. The molecule has 0 saturated carbocycles. The van der Waals surface area contributed by atoms with Crippen molar-refractivity contribution < 1.29 is 0 Å². The van der Waals surface area contributed by atoms with Gasteiger partial charge in [-0.05, 0) is 37.5 Å². The van der Waals surface area contributed by atoms with Crippen LogP contribution < -0.4 is 0 Å². The summed E-state index contributed by atoms with van der Waals surface area (Å²) in [5.41, 5.74) is 2.31. The van der Waals surface area contributed by atoms with Crippen molar-refractivity contribution in [1.82, 2.24) is 15.0 Å². The van der Waals surface area contributed by atoms with E-state index in [1.165, 1.54) is 15.3 Å². The maximum absolute atomic E-state index is 4.25. The molecule has 3 nitrogen and oxygen atoms in total. The van der Waals surface area contributed by atoms with Gasteiger partial charge in [-0.3, -0.25) is 0 Å². The number of aromatic nitrogens is 3. The molecular formula is C16H17N3S. The standard InChI is InChI=1S/C16H17N3S/c1-13-7-9-16(20-13)10-8-15-12-19(18-17-15)11-14-5-3-2-4-6-14/h2-7,9,12H,8,10-11H2,1H3. The van der Waals surface area contributed by atoms with Crippen molar-refractivity contribution in [1.29, 1.82) is 0 Å². The Morgan fingerprint density at radius 3 is 2.65 bits per heavy atom. The minimum atomic E-state index is 0.784. The number of nitrogens with zero attached hydrogens (tertiary/aromatic N) is 3. The SMILES string of the molecule is Cc1ccc(CCc2cn(Cc3ccccc3)nn2)s1. The zero-order chi connectivity index (χ0) is 13.8. The lowest BCUT2D eigenvalue weighted by Gasteiger charge is -1.99. The highest BCUT2D eigenvalue weighted by atomic mass is 32.1. The van der Waals surface area contributed by atoms with E-state index in [1.54, 1.807) is 0 Å². The van der Waals surface area contributed by atoms with Crippen LogP contribution in [0.25, 0.3) is 0 Å². The van der Waals surface area contributed by atoms with Gasteiger partial charge >= 0.3 is 0 Å².